The lowest BCUT2D eigenvalue weighted by atomic mass is 10.2. The normalized spacial score (nSPS) is 10.3. The maximum Gasteiger partial charge on any atom is 0.119 e. The molecule has 0 aliphatic heterocycles. The molecule has 0 heterocycles. The van der Waals surface area contributed by atoms with E-state index in [1.54, 1.807) is 7.11 Å². The summed E-state index contributed by atoms with van der Waals surface area (Å²) < 4.78 is 16.5. The first-order chi connectivity index (χ1) is 10.7. The fourth-order valence-corrected chi connectivity index (χ4v) is 2.08. The molecule has 3 nitrogen and oxygen atoms in total. The lowest BCUT2D eigenvalue weighted by molar-refractivity contribution is 0.266. The molecule has 0 bridgehead atoms. The third-order valence-electron chi connectivity index (χ3n) is 3.26. The zero-order valence-electron chi connectivity index (χ0n) is 13.0. The quantitative estimate of drug-likeness (QED) is 0.648. The molecule has 0 aromatic heterocycles. The highest BCUT2D eigenvalue weighted by Crippen LogP contribution is 2.21. The summed E-state index contributed by atoms with van der Waals surface area (Å²) in [5.74, 6) is 2.55. The number of ether oxygens (including phenoxy) is 3. The predicted octanol–water partition coefficient (Wildman–Crippen LogP) is 4.90. The van der Waals surface area contributed by atoms with E-state index in [2.05, 4.69) is 0 Å². The van der Waals surface area contributed by atoms with Gasteiger partial charge in [0.2, 0.25) is 0 Å². The van der Waals surface area contributed by atoms with Gasteiger partial charge in [0, 0.05) is 5.02 Å². The van der Waals surface area contributed by atoms with Crippen molar-refractivity contribution in [2.45, 2.75) is 19.8 Å². The van der Waals surface area contributed by atoms with Gasteiger partial charge >= 0.3 is 0 Å². The molecule has 4 heteroatoms. The van der Waals surface area contributed by atoms with Gasteiger partial charge in [0.15, 0.2) is 0 Å². The van der Waals surface area contributed by atoms with E-state index >= 15 is 0 Å². The fourth-order valence-electron chi connectivity index (χ4n) is 1.96. The second-order valence-electron chi connectivity index (χ2n) is 4.99. The molecule has 2 aromatic carbocycles. The van der Waals surface area contributed by atoms with Gasteiger partial charge in [0.25, 0.3) is 0 Å². The van der Waals surface area contributed by atoms with Crippen molar-refractivity contribution in [2.24, 2.45) is 0 Å². The Labute approximate surface area is 136 Å². The molecular weight excluding hydrogens is 300 g/mol. The van der Waals surface area contributed by atoms with Crippen LogP contribution in [0.1, 0.15) is 18.4 Å². The van der Waals surface area contributed by atoms with Gasteiger partial charge < -0.3 is 14.2 Å². The van der Waals surface area contributed by atoms with Gasteiger partial charge in [-0.05, 0) is 67.8 Å². The van der Waals surface area contributed by atoms with Crippen LogP contribution in [-0.4, -0.2) is 20.3 Å². The summed E-state index contributed by atoms with van der Waals surface area (Å²) in [4.78, 5) is 0. The number of benzene rings is 2. The number of rotatable bonds is 8. The highest BCUT2D eigenvalue weighted by atomic mass is 35.5. The van der Waals surface area contributed by atoms with Crippen LogP contribution in [0.3, 0.4) is 0 Å². The minimum atomic E-state index is 0.674. The Kier molecular flexibility index (Phi) is 6.41. The second kappa shape index (κ2) is 8.54. The standard InChI is InChI=1S/C18H21ClO3/c1-14-13-17(9-10-18(14)19)22-12-4-3-11-21-16-7-5-15(20-2)6-8-16/h5-10,13H,3-4,11-12H2,1-2H3. The van der Waals surface area contributed by atoms with Crippen LogP contribution in [0.2, 0.25) is 5.02 Å². The number of hydrogen-bond acceptors (Lipinski definition) is 3. The van der Waals surface area contributed by atoms with E-state index in [4.69, 9.17) is 25.8 Å². The monoisotopic (exact) mass is 320 g/mol. The second-order valence-corrected chi connectivity index (χ2v) is 5.40. The average Bonchev–Trinajstić information content (AvgIpc) is 2.54. The van der Waals surface area contributed by atoms with Crippen LogP contribution in [0.5, 0.6) is 17.2 Å². The van der Waals surface area contributed by atoms with Crippen molar-refractivity contribution in [3.63, 3.8) is 0 Å². The van der Waals surface area contributed by atoms with E-state index in [1.165, 1.54) is 0 Å². The zero-order valence-corrected chi connectivity index (χ0v) is 13.7. The number of halogens is 1. The SMILES string of the molecule is COc1ccc(OCCCCOc2ccc(Cl)c(C)c2)cc1. The highest BCUT2D eigenvalue weighted by molar-refractivity contribution is 6.31. The Morgan fingerprint density at radius 2 is 1.36 bits per heavy atom. The summed E-state index contributed by atoms with van der Waals surface area (Å²) in [6, 6.07) is 13.3. The van der Waals surface area contributed by atoms with Crippen LogP contribution < -0.4 is 14.2 Å². The van der Waals surface area contributed by atoms with Gasteiger partial charge in [-0.2, -0.15) is 0 Å². The van der Waals surface area contributed by atoms with E-state index in [0.717, 1.165) is 40.7 Å². The van der Waals surface area contributed by atoms with E-state index in [-0.39, 0.29) is 0 Å². The molecule has 0 spiro atoms. The molecule has 0 amide bonds. The Bertz CT molecular complexity index is 581. The first-order valence-corrected chi connectivity index (χ1v) is 7.72. The Hall–Kier alpha value is -1.87. The van der Waals surface area contributed by atoms with Crippen molar-refractivity contribution in [1.82, 2.24) is 0 Å². The van der Waals surface area contributed by atoms with Crippen LogP contribution in [0.4, 0.5) is 0 Å². The van der Waals surface area contributed by atoms with Gasteiger partial charge in [-0.15, -0.1) is 0 Å². The fraction of sp³-hybridized carbons (Fsp3) is 0.333. The zero-order chi connectivity index (χ0) is 15.8. The van der Waals surface area contributed by atoms with Crippen molar-refractivity contribution in [3.05, 3.63) is 53.1 Å². The minimum absolute atomic E-state index is 0.674. The molecule has 0 saturated heterocycles. The lowest BCUT2D eigenvalue weighted by Gasteiger charge is -2.09. The summed E-state index contributed by atoms with van der Waals surface area (Å²) in [6.45, 7) is 3.32. The lowest BCUT2D eigenvalue weighted by Crippen LogP contribution is -2.02. The van der Waals surface area contributed by atoms with E-state index in [1.807, 2.05) is 49.4 Å². The van der Waals surface area contributed by atoms with Crippen molar-refractivity contribution in [2.75, 3.05) is 20.3 Å². The number of unbranched alkanes of at least 4 members (excludes halogenated alkanes) is 1. The molecule has 0 N–H and O–H groups in total. The maximum atomic E-state index is 5.98. The van der Waals surface area contributed by atoms with Crippen molar-refractivity contribution in [3.8, 4) is 17.2 Å². The number of aryl methyl sites for hydroxylation is 1. The molecule has 0 saturated carbocycles. The van der Waals surface area contributed by atoms with Crippen molar-refractivity contribution in [1.29, 1.82) is 0 Å². The largest absolute Gasteiger partial charge is 0.497 e. The van der Waals surface area contributed by atoms with E-state index in [9.17, 15) is 0 Å². The highest BCUT2D eigenvalue weighted by Gasteiger charge is 1.99. The van der Waals surface area contributed by atoms with Crippen LogP contribution >= 0.6 is 11.6 Å². The predicted molar refractivity (Wildman–Crippen MR) is 89.4 cm³/mol. The smallest absolute Gasteiger partial charge is 0.119 e. The molecule has 2 rings (SSSR count). The molecule has 2 aromatic rings. The topological polar surface area (TPSA) is 27.7 Å². The molecule has 118 valence electrons. The van der Waals surface area contributed by atoms with Gasteiger partial charge in [0.1, 0.15) is 17.2 Å². The summed E-state index contributed by atoms with van der Waals surface area (Å²) in [6.07, 6.45) is 1.89. The van der Waals surface area contributed by atoms with Crippen molar-refractivity contribution >= 4 is 11.6 Å². The van der Waals surface area contributed by atoms with Crippen LogP contribution in [0.15, 0.2) is 42.5 Å². The molecule has 0 atom stereocenters. The Balaban J connectivity index is 1.61. The Morgan fingerprint density at radius 3 is 1.95 bits per heavy atom. The van der Waals surface area contributed by atoms with Crippen LogP contribution in [0, 0.1) is 6.92 Å². The molecule has 0 fully saturated rings. The van der Waals surface area contributed by atoms with E-state index < -0.39 is 0 Å². The van der Waals surface area contributed by atoms with Crippen LogP contribution in [0.25, 0.3) is 0 Å². The van der Waals surface area contributed by atoms with Crippen LogP contribution in [-0.2, 0) is 0 Å². The summed E-state index contributed by atoms with van der Waals surface area (Å²) in [5, 5.41) is 0.764. The molecule has 0 aliphatic carbocycles. The molecule has 22 heavy (non-hydrogen) atoms. The minimum Gasteiger partial charge on any atom is -0.497 e. The third kappa shape index (κ3) is 5.15. The Morgan fingerprint density at radius 1 is 0.818 bits per heavy atom. The number of methoxy groups -OCH3 is 1. The maximum absolute atomic E-state index is 5.98. The summed E-state index contributed by atoms with van der Waals surface area (Å²) >= 11 is 5.98. The van der Waals surface area contributed by atoms with E-state index in [0.29, 0.717) is 13.2 Å². The first kappa shape index (κ1) is 16.5. The van der Waals surface area contributed by atoms with Gasteiger partial charge in [-0.3, -0.25) is 0 Å². The van der Waals surface area contributed by atoms with Crippen molar-refractivity contribution < 1.29 is 14.2 Å². The first-order valence-electron chi connectivity index (χ1n) is 7.35. The molecule has 0 aliphatic rings. The van der Waals surface area contributed by atoms with Gasteiger partial charge in [-0.1, -0.05) is 11.6 Å². The molecule has 0 unspecified atom stereocenters. The van der Waals surface area contributed by atoms with Gasteiger partial charge in [0.05, 0.1) is 20.3 Å². The third-order valence-corrected chi connectivity index (χ3v) is 3.69. The summed E-state index contributed by atoms with van der Waals surface area (Å²) in [7, 11) is 1.65. The molecule has 0 radical (unpaired) electrons. The molecular formula is C18H21ClO3. The van der Waals surface area contributed by atoms with Gasteiger partial charge in [-0.25, -0.2) is 0 Å². The summed E-state index contributed by atoms with van der Waals surface area (Å²) in [5.41, 5.74) is 1.03. The average molecular weight is 321 g/mol. The number of hydrogen-bond donors (Lipinski definition) is 0.